The van der Waals surface area contributed by atoms with Gasteiger partial charge in [-0.1, -0.05) is 49.2 Å². The molecule has 0 spiro atoms. The van der Waals surface area contributed by atoms with Crippen molar-refractivity contribution >= 4 is 29.4 Å². The fourth-order valence-electron chi connectivity index (χ4n) is 4.84. The van der Waals surface area contributed by atoms with Crippen LogP contribution in [0.5, 0.6) is 0 Å². The first-order chi connectivity index (χ1) is 15.8. The van der Waals surface area contributed by atoms with Gasteiger partial charge < -0.3 is 10.1 Å². The van der Waals surface area contributed by atoms with Gasteiger partial charge in [0.05, 0.1) is 11.8 Å². The fourth-order valence-corrected chi connectivity index (χ4v) is 4.84. The number of aryl methyl sites for hydroxylation is 2. The molecule has 0 aromatic heterocycles. The lowest BCUT2D eigenvalue weighted by atomic mass is 9.81. The van der Waals surface area contributed by atoms with Crippen LogP contribution in [0.15, 0.2) is 48.5 Å². The van der Waals surface area contributed by atoms with Gasteiger partial charge >= 0.3 is 5.97 Å². The van der Waals surface area contributed by atoms with E-state index in [9.17, 15) is 19.2 Å². The standard InChI is InChI=1S/C26H28N2O5/c1-16-12-17(2)14-19(13-16)27-24(30)23(18-8-4-3-5-9-18)33-22(29)15-28-25(31)20-10-6-7-11-21(20)26(28)32/h3-5,8-9,12-14,20-21,23H,6-7,10-11,15H2,1-2H3,(H,27,30). The smallest absolute Gasteiger partial charge is 0.327 e. The SMILES string of the molecule is Cc1cc(C)cc(NC(=O)C(OC(=O)CN2C(=O)C3CCCCC3C2=O)c2ccccc2)c1. The zero-order valence-corrected chi connectivity index (χ0v) is 18.9. The van der Waals surface area contributed by atoms with E-state index < -0.39 is 24.5 Å². The van der Waals surface area contributed by atoms with Gasteiger partial charge in [-0.2, -0.15) is 0 Å². The molecule has 1 aliphatic carbocycles. The van der Waals surface area contributed by atoms with Crippen molar-refractivity contribution in [1.29, 1.82) is 0 Å². The Morgan fingerprint density at radius 3 is 2.12 bits per heavy atom. The van der Waals surface area contributed by atoms with Crippen LogP contribution in [0.4, 0.5) is 5.69 Å². The number of fused-ring (bicyclic) bond motifs is 1. The average Bonchev–Trinajstić information content (AvgIpc) is 3.02. The van der Waals surface area contributed by atoms with E-state index in [1.54, 1.807) is 30.3 Å². The van der Waals surface area contributed by atoms with Crippen molar-refractivity contribution in [3.8, 4) is 0 Å². The van der Waals surface area contributed by atoms with Gasteiger partial charge in [0.2, 0.25) is 17.9 Å². The molecule has 3 amide bonds. The van der Waals surface area contributed by atoms with Gasteiger partial charge in [0.1, 0.15) is 6.54 Å². The van der Waals surface area contributed by atoms with Crippen LogP contribution in [0.25, 0.3) is 0 Å². The van der Waals surface area contributed by atoms with Crippen molar-refractivity contribution in [1.82, 2.24) is 4.90 Å². The van der Waals surface area contributed by atoms with Crippen LogP contribution in [0.3, 0.4) is 0 Å². The molecule has 3 atom stereocenters. The summed E-state index contributed by atoms with van der Waals surface area (Å²) >= 11 is 0. The molecule has 2 fully saturated rings. The van der Waals surface area contributed by atoms with E-state index in [4.69, 9.17) is 4.74 Å². The Bertz CT molecular complexity index is 1040. The van der Waals surface area contributed by atoms with Crippen molar-refractivity contribution in [2.45, 2.75) is 45.6 Å². The summed E-state index contributed by atoms with van der Waals surface area (Å²) in [7, 11) is 0. The molecular weight excluding hydrogens is 420 g/mol. The minimum atomic E-state index is -1.21. The maximum Gasteiger partial charge on any atom is 0.327 e. The highest BCUT2D eigenvalue weighted by molar-refractivity contribution is 6.07. The summed E-state index contributed by atoms with van der Waals surface area (Å²) in [5.41, 5.74) is 3.08. The number of esters is 1. The largest absolute Gasteiger partial charge is 0.446 e. The Balaban J connectivity index is 1.49. The molecule has 1 heterocycles. The number of imide groups is 1. The number of nitrogens with one attached hydrogen (secondary N) is 1. The monoisotopic (exact) mass is 448 g/mol. The topological polar surface area (TPSA) is 92.8 Å². The number of hydrogen-bond donors (Lipinski definition) is 1. The molecule has 1 N–H and O–H groups in total. The van der Waals surface area contributed by atoms with Gasteiger partial charge in [0.15, 0.2) is 0 Å². The van der Waals surface area contributed by atoms with Gasteiger partial charge in [-0.15, -0.1) is 0 Å². The minimum absolute atomic E-state index is 0.308. The van der Waals surface area contributed by atoms with Crippen LogP contribution in [0.1, 0.15) is 48.5 Å². The van der Waals surface area contributed by atoms with E-state index in [1.165, 1.54) is 0 Å². The third-order valence-electron chi connectivity index (χ3n) is 6.30. The summed E-state index contributed by atoms with van der Waals surface area (Å²) in [6, 6.07) is 14.3. The molecular formula is C26H28N2O5. The fraction of sp³-hybridized carbons (Fsp3) is 0.385. The summed E-state index contributed by atoms with van der Waals surface area (Å²) in [5.74, 6) is -2.59. The number of ether oxygens (including phenoxy) is 1. The zero-order valence-electron chi connectivity index (χ0n) is 18.9. The van der Waals surface area contributed by atoms with E-state index in [0.29, 0.717) is 24.1 Å². The third kappa shape index (κ3) is 4.97. The molecule has 7 nitrogen and oxygen atoms in total. The maximum atomic E-state index is 13.1. The first-order valence-corrected chi connectivity index (χ1v) is 11.3. The van der Waals surface area contributed by atoms with Gasteiger partial charge in [-0.05, 0) is 49.9 Å². The molecule has 33 heavy (non-hydrogen) atoms. The van der Waals surface area contributed by atoms with Crippen molar-refractivity contribution in [2.24, 2.45) is 11.8 Å². The lowest BCUT2D eigenvalue weighted by Crippen LogP contribution is -2.38. The third-order valence-corrected chi connectivity index (χ3v) is 6.30. The van der Waals surface area contributed by atoms with Crippen molar-refractivity contribution in [3.63, 3.8) is 0 Å². The van der Waals surface area contributed by atoms with Crippen LogP contribution in [0, 0.1) is 25.7 Å². The lowest BCUT2D eigenvalue weighted by Gasteiger charge is -2.20. The second-order valence-corrected chi connectivity index (χ2v) is 8.91. The van der Waals surface area contributed by atoms with Gasteiger partial charge in [0.25, 0.3) is 5.91 Å². The second-order valence-electron chi connectivity index (χ2n) is 8.91. The van der Waals surface area contributed by atoms with E-state index >= 15 is 0 Å². The van der Waals surface area contributed by atoms with Gasteiger partial charge in [-0.25, -0.2) is 0 Å². The van der Waals surface area contributed by atoms with Gasteiger partial charge in [0, 0.05) is 11.3 Å². The number of rotatable bonds is 6. The normalized spacial score (nSPS) is 20.8. The molecule has 2 aromatic carbocycles. The molecule has 0 bridgehead atoms. The number of hydrogen-bond acceptors (Lipinski definition) is 5. The predicted octanol–water partition coefficient (Wildman–Crippen LogP) is 3.70. The highest BCUT2D eigenvalue weighted by atomic mass is 16.5. The number of amides is 3. The number of carbonyl (C=O) groups is 4. The molecule has 1 saturated heterocycles. The molecule has 1 saturated carbocycles. The Hall–Kier alpha value is -3.48. The predicted molar refractivity (Wildman–Crippen MR) is 122 cm³/mol. The minimum Gasteiger partial charge on any atom is -0.446 e. The molecule has 1 aliphatic heterocycles. The first-order valence-electron chi connectivity index (χ1n) is 11.3. The highest BCUT2D eigenvalue weighted by Gasteiger charge is 2.48. The highest BCUT2D eigenvalue weighted by Crippen LogP contribution is 2.38. The number of carbonyl (C=O) groups excluding carboxylic acids is 4. The average molecular weight is 449 g/mol. The number of benzene rings is 2. The first kappa shape index (κ1) is 22.7. The Morgan fingerprint density at radius 2 is 1.55 bits per heavy atom. The second kappa shape index (κ2) is 9.57. The van der Waals surface area contributed by atoms with Crippen LogP contribution in [-0.4, -0.2) is 35.1 Å². The Morgan fingerprint density at radius 1 is 0.970 bits per heavy atom. The van der Waals surface area contributed by atoms with Crippen LogP contribution in [0.2, 0.25) is 0 Å². The van der Waals surface area contributed by atoms with Crippen molar-refractivity contribution in [2.75, 3.05) is 11.9 Å². The molecule has 4 rings (SSSR count). The maximum absolute atomic E-state index is 13.1. The molecule has 2 aliphatic rings. The lowest BCUT2D eigenvalue weighted by molar-refractivity contribution is -0.159. The van der Waals surface area contributed by atoms with Gasteiger partial charge in [-0.3, -0.25) is 24.1 Å². The zero-order chi connectivity index (χ0) is 23.5. The van der Waals surface area contributed by atoms with Crippen LogP contribution >= 0.6 is 0 Å². The summed E-state index contributed by atoms with van der Waals surface area (Å²) in [5, 5.41) is 2.82. The molecule has 2 aromatic rings. The summed E-state index contributed by atoms with van der Waals surface area (Å²) in [6.45, 7) is 3.38. The van der Waals surface area contributed by atoms with E-state index in [-0.39, 0.29) is 23.7 Å². The molecule has 3 unspecified atom stereocenters. The quantitative estimate of drug-likeness (QED) is 0.537. The van der Waals surface area contributed by atoms with Crippen molar-refractivity contribution < 1.29 is 23.9 Å². The van der Waals surface area contributed by atoms with E-state index in [1.807, 2.05) is 32.0 Å². The Kier molecular flexibility index (Phi) is 6.58. The summed E-state index contributed by atoms with van der Waals surface area (Å²) < 4.78 is 5.55. The summed E-state index contributed by atoms with van der Waals surface area (Å²) in [4.78, 5) is 52.3. The van der Waals surface area contributed by atoms with Crippen LogP contribution in [-0.2, 0) is 23.9 Å². The molecule has 172 valence electrons. The van der Waals surface area contributed by atoms with E-state index in [2.05, 4.69) is 5.32 Å². The molecule has 7 heteroatoms. The van der Waals surface area contributed by atoms with Crippen molar-refractivity contribution in [3.05, 3.63) is 65.2 Å². The number of likely N-dealkylation sites (tertiary alicyclic amines) is 1. The summed E-state index contributed by atoms with van der Waals surface area (Å²) in [6.07, 6.45) is 1.95. The van der Waals surface area contributed by atoms with E-state index in [0.717, 1.165) is 28.9 Å². The number of nitrogens with zero attached hydrogens (tertiary/aromatic N) is 1. The Labute approximate surface area is 193 Å². The number of anilines is 1. The molecule has 0 radical (unpaired) electrons. The van der Waals surface area contributed by atoms with Crippen LogP contribution < -0.4 is 5.32 Å².